The Labute approximate surface area is 193 Å². The van der Waals surface area contributed by atoms with E-state index in [1.54, 1.807) is 19.1 Å². The van der Waals surface area contributed by atoms with Crippen molar-refractivity contribution >= 4 is 28.5 Å². The largest absolute Gasteiger partial charge is 0.436 e. The second-order valence-corrected chi connectivity index (χ2v) is 8.25. The molecule has 0 radical (unpaired) electrons. The molecule has 3 aromatic heterocycles. The van der Waals surface area contributed by atoms with Crippen LogP contribution in [-0.4, -0.2) is 68.4 Å². The number of aliphatic hydroxyl groups excluding tert-OH is 1. The SMILES string of the molecule is Cc1cc2c(F)c(Oc3cc(N4CCN(C)CC4)nc(Nc4cc(CO)[nH]n4)n3)cc(F)c2[nH]1. The summed E-state index contributed by atoms with van der Waals surface area (Å²) in [5.74, 6) is -0.393. The average Bonchev–Trinajstić information content (AvgIpc) is 3.44. The number of likely N-dealkylation sites (N-methyl/N-ethyl adjacent to an activating group) is 1. The van der Waals surface area contributed by atoms with Crippen LogP contribution in [0.4, 0.5) is 26.4 Å². The van der Waals surface area contributed by atoms with Gasteiger partial charge in [-0.15, -0.1) is 0 Å². The molecule has 0 atom stereocenters. The van der Waals surface area contributed by atoms with E-state index >= 15 is 4.39 Å². The van der Waals surface area contributed by atoms with Gasteiger partial charge in [-0.25, -0.2) is 8.78 Å². The van der Waals surface area contributed by atoms with Crippen molar-refractivity contribution in [3.8, 4) is 11.6 Å². The molecule has 4 aromatic rings. The first-order valence-corrected chi connectivity index (χ1v) is 10.8. The van der Waals surface area contributed by atoms with Gasteiger partial charge < -0.3 is 29.9 Å². The molecule has 34 heavy (non-hydrogen) atoms. The Balaban J connectivity index is 1.51. The first-order chi connectivity index (χ1) is 16.4. The Hall–Kier alpha value is -3.77. The first-order valence-electron chi connectivity index (χ1n) is 10.8. The molecule has 0 spiro atoms. The normalized spacial score (nSPS) is 14.7. The Morgan fingerprint density at radius 2 is 1.91 bits per heavy atom. The number of anilines is 3. The fourth-order valence-corrected chi connectivity index (χ4v) is 3.86. The van der Waals surface area contributed by atoms with Gasteiger partial charge in [0, 0.05) is 55.5 Å². The van der Waals surface area contributed by atoms with Crippen LogP contribution < -0.4 is 15.0 Å². The monoisotopic (exact) mass is 470 g/mol. The van der Waals surface area contributed by atoms with E-state index in [1.807, 2.05) is 7.05 Å². The number of nitrogens with one attached hydrogen (secondary N) is 3. The van der Waals surface area contributed by atoms with Gasteiger partial charge in [0.2, 0.25) is 11.8 Å². The molecule has 1 aliphatic heterocycles. The van der Waals surface area contributed by atoms with Crippen LogP contribution in [0, 0.1) is 18.6 Å². The van der Waals surface area contributed by atoms with Gasteiger partial charge in [-0.05, 0) is 20.0 Å². The molecule has 4 N–H and O–H groups in total. The number of halogens is 2. The van der Waals surface area contributed by atoms with E-state index in [1.165, 1.54) is 6.07 Å². The number of hydrogen-bond acceptors (Lipinski definition) is 8. The zero-order valence-electron chi connectivity index (χ0n) is 18.7. The third-order valence-electron chi connectivity index (χ3n) is 5.67. The summed E-state index contributed by atoms with van der Waals surface area (Å²) in [5, 5.41) is 19.1. The fraction of sp³-hybridized carbons (Fsp3) is 0.318. The lowest BCUT2D eigenvalue weighted by Crippen LogP contribution is -2.44. The molecular weight excluding hydrogens is 446 g/mol. The van der Waals surface area contributed by atoms with Gasteiger partial charge in [0.05, 0.1) is 17.8 Å². The van der Waals surface area contributed by atoms with Gasteiger partial charge >= 0.3 is 0 Å². The first kappa shape index (κ1) is 22.0. The number of fused-ring (bicyclic) bond motifs is 1. The van der Waals surface area contributed by atoms with Gasteiger partial charge in [0.15, 0.2) is 23.2 Å². The summed E-state index contributed by atoms with van der Waals surface area (Å²) in [6.45, 7) is 4.71. The van der Waals surface area contributed by atoms with Crippen molar-refractivity contribution in [2.45, 2.75) is 13.5 Å². The number of hydrogen-bond donors (Lipinski definition) is 4. The zero-order chi connectivity index (χ0) is 23.8. The standard InChI is InChI=1S/C22H24F2N8O2/c1-12-7-14-20(24)16(9-15(23)21(14)25-12)34-19-10-18(32-5-3-31(2)4-6-32)27-22(28-19)26-17-8-13(11-33)29-30-17/h7-10,25,33H,3-6,11H2,1-2H3,(H2,26,27,28,29,30). The maximum absolute atomic E-state index is 15.1. The molecule has 0 saturated carbocycles. The lowest BCUT2D eigenvalue weighted by molar-refractivity contribution is 0.276. The van der Waals surface area contributed by atoms with E-state index in [0.717, 1.165) is 32.2 Å². The molecule has 0 bridgehead atoms. The molecule has 0 aliphatic carbocycles. The van der Waals surface area contributed by atoms with Crippen molar-refractivity contribution in [2.24, 2.45) is 0 Å². The third-order valence-corrected chi connectivity index (χ3v) is 5.67. The van der Waals surface area contributed by atoms with Crippen molar-refractivity contribution in [3.05, 3.63) is 47.3 Å². The number of rotatable bonds is 6. The summed E-state index contributed by atoms with van der Waals surface area (Å²) >= 11 is 0. The second-order valence-electron chi connectivity index (χ2n) is 8.25. The number of aliphatic hydroxyl groups is 1. The summed E-state index contributed by atoms with van der Waals surface area (Å²) in [5.41, 5.74) is 1.24. The number of H-pyrrole nitrogens is 2. The number of aromatic amines is 2. The Kier molecular flexibility index (Phi) is 5.75. The molecule has 1 aliphatic rings. The smallest absolute Gasteiger partial charge is 0.233 e. The quantitative estimate of drug-likeness (QED) is 0.340. The number of aromatic nitrogens is 5. The molecule has 1 aromatic carbocycles. The van der Waals surface area contributed by atoms with Crippen molar-refractivity contribution < 1.29 is 18.6 Å². The minimum atomic E-state index is -0.685. The van der Waals surface area contributed by atoms with E-state index in [9.17, 15) is 9.50 Å². The molecule has 1 fully saturated rings. The van der Waals surface area contributed by atoms with E-state index in [4.69, 9.17) is 4.74 Å². The number of benzene rings is 1. The summed E-state index contributed by atoms with van der Waals surface area (Å²) in [4.78, 5) is 16.0. The van der Waals surface area contributed by atoms with Gasteiger partial charge in [-0.1, -0.05) is 0 Å². The molecule has 1 saturated heterocycles. The Bertz CT molecular complexity index is 1330. The van der Waals surface area contributed by atoms with E-state index in [-0.39, 0.29) is 35.1 Å². The second kappa shape index (κ2) is 8.88. The molecule has 0 amide bonds. The molecular formula is C22H24F2N8O2. The van der Waals surface area contributed by atoms with Crippen LogP contribution in [0.15, 0.2) is 24.3 Å². The van der Waals surface area contributed by atoms with Crippen LogP contribution >= 0.6 is 0 Å². The molecule has 0 unspecified atom stereocenters. The molecule has 178 valence electrons. The Morgan fingerprint density at radius 1 is 1.12 bits per heavy atom. The summed E-state index contributed by atoms with van der Waals surface area (Å²) in [6.07, 6.45) is 0. The van der Waals surface area contributed by atoms with Crippen molar-refractivity contribution in [3.63, 3.8) is 0 Å². The maximum Gasteiger partial charge on any atom is 0.233 e. The summed E-state index contributed by atoms with van der Waals surface area (Å²) in [7, 11) is 2.05. The lowest BCUT2D eigenvalue weighted by Gasteiger charge is -2.33. The van der Waals surface area contributed by atoms with E-state index in [0.29, 0.717) is 23.0 Å². The topological polar surface area (TPSA) is 118 Å². The maximum atomic E-state index is 15.1. The number of nitrogens with zero attached hydrogens (tertiary/aromatic N) is 5. The van der Waals surface area contributed by atoms with Crippen LogP contribution in [0.2, 0.25) is 0 Å². The van der Waals surface area contributed by atoms with Crippen molar-refractivity contribution in [1.82, 2.24) is 30.0 Å². The minimum absolute atomic E-state index is 0.0502. The van der Waals surface area contributed by atoms with Gasteiger partial charge in [-0.2, -0.15) is 15.1 Å². The zero-order valence-corrected chi connectivity index (χ0v) is 18.7. The number of piperazine rings is 1. The molecule has 5 rings (SSSR count). The van der Waals surface area contributed by atoms with Crippen molar-refractivity contribution in [2.75, 3.05) is 43.4 Å². The van der Waals surface area contributed by atoms with Crippen LogP contribution in [-0.2, 0) is 6.61 Å². The van der Waals surface area contributed by atoms with Crippen molar-refractivity contribution in [1.29, 1.82) is 0 Å². The van der Waals surface area contributed by atoms with Crippen LogP contribution in [0.5, 0.6) is 11.6 Å². The predicted octanol–water partition coefficient (Wildman–Crippen LogP) is 3.05. The highest BCUT2D eigenvalue weighted by Crippen LogP contribution is 2.33. The summed E-state index contributed by atoms with van der Waals surface area (Å²) in [6, 6.07) is 5.74. The fourth-order valence-electron chi connectivity index (χ4n) is 3.86. The van der Waals surface area contributed by atoms with Crippen LogP contribution in [0.1, 0.15) is 11.4 Å². The van der Waals surface area contributed by atoms with E-state index < -0.39 is 11.6 Å². The van der Waals surface area contributed by atoms with Gasteiger partial charge in [0.25, 0.3) is 0 Å². The molecule has 4 heterocycles. The van der Waals surface area contributed by atoms with Crippen LogP contribution in [0.3, 0.4) is 0 Å². The highest BCUT2D eigenvalue weighted by Gasteiger charge is 2.21. The Morgan fingerprint density at radius 3 is 2.65 bits per heavy atom. The summed E-state index contributed by atoms with van der Waals surface area (Å²) < 4.78 is 35.4. The predicted molar refractivity (Wildman–Crippen MR) is 123 cm³/mol. The number of aryl methyl sites for hydroxylation is 1. The van der Waals surface area contributed by atoms with E-state index in [2.05, 4.69) is 40.3 Å². The van der Waals surface area contributed by atoms with Crippen LogP contribution in [0.25, 0.3) is 10.9 Å². The molecule has 10 nitrogen and oxygen atoms in total. The third kappa shape index (κ3) is 4.37. The molecule has 12 heteroatoms. The minimum Gasteiger partial charge on any atom is -0.436 e. The average molecular weight is 470 g/mol. The highest BCUT2D eigenvalue weighted by atomic mass is 19.1. The highest BCUT2D eigenvalue weighted by molar-refractivity contribution is 5.83. The lowest BCUT2D eigenvalue weighted by atomic mass is 10.2. The van der Waals surface area contributed by atoms with Gasteiger partial charge in [0.1, 0.15) is 5.82 Å². The number of ether oxygens (including phenoxy) is 1. The van der Waals surface area contributed by atoms with Gasteiger partial charge in [-0.3, -0.25) is 5.10 Å².